The van der Waals surface area contributed by atoms with Gasteiger partial charge in [0.05, 0.1) is 23.6 Å². The summed E-state index contributed by atoms with van der Waals surface area (Å²) < 4.78 is 5.03. The van der Waals surface area contributed by atoms with Crippen LogP contribution in [0.25, 0.3) is 0 Å². The van der Waals surface area contributed by atoms with E-state index in [4.69, 9.17) is 4.74 Å². The number of ether oxygens (including phenoxy) is 1. The van der Waals surface area contributed by atoms with Gasteiger partial charge in [-0.15, -0.1) is 0 Å². The number of rotatable bonds is 6. The van der Waals surface area contributed by atoms with Gasteiger partial charge < -0.3 is 4.74 Å². The van der Waals surface area contributed by atoms with Crippen LogP contribution in [0.1, 0.15) is 62.4 Å². The van der Waals surface area contributed by atoms with Crippen molar-refractivity contribution in [1.82, 2.24) is 9.97 Å². The van der Waals surface area contributed by atoms with Crippen molar-refractivity contribution in [2.24, 2.45) is 0 Å². The first kappa shape index (κ1) is 16.0. The number of carbonyl (C=O) groups is 1. The third kappa shape index (κ3) is 4.82. The summed E-state index contributed by atoms with van der Waals surface area (Å²) in [6.45, 7) is 10.5. The van der Waals surface area contributed by atoms with Crippen LogP contribution in [0.3, 0.4) is 0 Å². The topological polar surface area (TPSA) is 52.1 Å². The molecule has 1 heterocycles. The fourth-order valence-corrected chi connectivity index (χ4v) is 2.17. The number of nitrogens with zero attached hydrogens (tertiary/aromatic N) is 2. The van der Waals surface area contributed by atoms with E-state index in [1.54, 1.807) is 24.9 Å². The van der Waals surface area contributed by atoms with Crippen molar-refractivity contribution in [3.8, 4) is 0 Å². The van der Waals surface area contributed by atoms with Gasteiger partial charge in [0.2, 0.25) is 0 Å². The summed E-state index contributed by atoms with van der Waals surface area (Å²) in [4.78, 5) is 20.6. The normalized spacial score (nSPS) is 11.1. The van der Waals surface area contributed by atoms with Crippen molar-refractivity contribution in [1.29, 1.82) is 0 Å². The number of hydrogen-bond donors (Lipinski definition) is 0. The second-order valence-corrected chi connectivity index (χ2v) is 6.38. The van der Waals surface area contributed by atoms with E-state index in [1.165, 1.54) is 0 Å². The van der Waals surface area contributed by atoms with Crippen LogP contribution < -0.4 is 0 Å². The van der Waals surface area contributed by atoms with Gasteiger partial charge in [0, 0.05) is 6.20 Å². The molecule has 19 heavy (non-hydrogen) atoms. The molecular formula is C14H22N2O2S. The van der Waals surface area contributed by atoms with Crippen molar-refractivity contribution >= 4 is 17.7 Å². The Morgan fingerprint density at radius 2 is 2.05 bits per heavy atom. The Balaban J connectivity index is 2.97. The van der Waals surface area contributed by atoms with Gasteiger partial charge in [0.1, 0.15) is 5.82 Å². The highest BCUT2D eigenvalue weighted by molar-refractivity contribution is 7.99. The molecule has 4 nitrogen and oxygen atoms in total. The minimum atomic E-state index is -0.339. The van der Waals surface area contributed by atoms with E-state index in [2.05, 4.69) is 23.8 Å². The molecule has 0 N–H and O–H groups in total. The standard InChI is InChI=1S/C14H22N2O2S/c1-6-18-14(17)11-7-15-12(8-19-10(4)5)16-13(11)9(2)3/h7,9-10H,6,8H2,1-5H3. The van der Waals surface area contributed by atoms with Gasteiger partial charge >= 0.3 is 5.97 Å². The smallest absolute Gasteiger partial charge is 0.341 e. The predicted molar refractivity (Wildman–Crippen MR) is 78.5 cm³/mol. The van der Waals surface area contributed by atoms with E-state index in [-0.39, 0.29) is 11.9 Å². The summed E-state index contributed by atoms with van der Waals surface area (Å²) in [5, 5.41) is 0.538. The molecule has 1 aromatic heterocycles. The molecule has 106 valence electrons. The molecule has 0 fully saturated rings. The zero-order valence-electron chi connectivity index (χ0n) is 12.3. The van der Waals surface area contributed by atoms with Crippen molar-refractivity contribution < 1.29 is 9.53 Å². The molecule has 0 amide bonds. The van der Waals surface area contributed by atoms with Gasteiger partial charge in [-0.25, -0.2) is 14.8 Å². The molecule has 0 atom stereocenters. The minimum Gasteiger partial charge on any atom is -0.462 e. The largest absolute Gasteiger partial charge is 0.462 e. The molecule has 0 aromatic carbocycles. The Kier molecular flexibility index (Phi) is 6.28. The lowest BCUT2D eigenvalue weighted by Gasteiger charge is -2.12. The SMILES string of the molecule is CCOC(=O)c1cnc(CSC(C)C)nc1C(C)C. The molecule has 0 aliphatic heterocycles. The van der Waals surface area contributed by atoms with Gasteiger partial charge in [-0.2, -0.15) is 11.8 Å². The number of carbonyl (C=O) groups excluding carboxylic acids is 1. The van der Waals surface area contributed by atoms with E-state index in [1.807, 2.05) is 13.8 Å². The third-order valence-corrected chi connectivity index (χ3v) is 3.55. The molecule has 0 bridgehead atoms. The number of aromatic nitrogens is 2. The summed E-state index contributed by atoms with van der Waals surface area (Å²) in [5.41, 5.74) is 1.25. The highest BCUT2D eigenvalue weighted by Crippen LogP contribution is 2.20. The van der Waals surface area contributed by atoms with Gasteiger partial charge in [0.25, 0.3) is 0 Å². The van der Waals surface area contributed by atoms with Crippen LogP contribution in [-0.4, -0.2) is 27.8 Å². The van der Waals surface area contributed by atoms with E-state index in [9.17, 15) is 4.79 Å². The Hall–Kier alpha value is -1.10. The molecule has 1 rings (SSSR count). The molecule has 0 spiro atoms. The molecule has 5 heteroatoms. The Morgan fingerprint density at radius 3 is 2.58 bits per heavy atom. The lowest BCUT2D eigenvalue weighted by molar-refractivity contribution is 0.0523. The molecular weight excluding hydrogens is 260 g/mol. The first-order valence-electron chi connectivity index (χ1n) is 6.60. The van der Waals surface area contributed by atoms with Gasteiger partial charge in [-0.3, -0.25) is 0 Å². The van der Waals surface area contributed by atoms with Gasteiger partial charge in [0.15, 0.2) is 0 Å². The number of esters is 1. The van der Waals surface area contributed by atoms with Crippen LogP contribution in [0, 0.1) is 0 Å². The average Bonchev–Trinajstić information content (AvgIpc) is 2.36. The maximum atomic E-state index is 11.8. The number of hydrogen-bond acceptors (Lipinski definition) is 5. The summed E-state index contributed by atoms with van der Waals surface area (Å²) in [6, 6.07) is 0. The van der Waals surface area contributed by atoms with Crippen LogP contribution in [0.5, 0.6) is 0 Å². The zero-order chi connectivity index (χ0) is 14.4. The first-order chi connectivity index (χ1) is 8.95. The first-order valence-corrected chi connectivity index (χ1v) is 7.65. The lowest BCUT2D eigenvalue weighted by atomic mass is 10.1. The number of thioether (sulfide) groups is 1. The quantitative estimate of drug-likeness (QED) is 0.748. The summed E-state index contributed by atoms with van der Waals surface area (Å²) >= 11 is 1.79. The highest BCUT2D eigenvalue weighted by atomic mass is 32.2. The second kappa shape index (κ2) is 7.48. The lowest BCUT2D eigenvalue weighted by Crippen LogP contribution is -2.13. The Morgan fingerprint density at radius 1 is 1.37 bits per heavy atom. The monoisotopic (exact) mass is 282 g/mol. The third-order valence-electron chi connectivity index (χ3n) is 2.46. The molecule has 0 aliphatic rings. The molecule has 0 aliphatic carbocycles. The predicted octanol–water partition coefficient (Wildman–Crippen LogP) is 3.42. The van der Waals surface area contributed by atoms with Crippen LogP contribution in [0.2, 0.25) is 0 Å². The Labute approximate surface area is 119 Å². The highest BCUT2D eigenvalue weighted by Gasteiger charge is 2.18. The zero-order valence-corrected chi connectivity index (χ0v) is 13.1. The second-order valence-electron chi connectivity index (χ2n) is 4.82. The van der Waals surface area contributed by atoms with E-state index in [0.717, 1.165) is 17.3 Å². The van der Waals surface area contributed by atoms with Crippen molar-refractivity contribution in [3.63, 3.8) is 0 Å². The van der Waals surface area contributed by atoms with Crippen LogP contribution in [-0.2, 0) is 10.5 Å². The molecule has 0 radical (unpaired) electrons. The molecule has 1 aromatic rings. The maximum Gasteiger partial charge on any atom is 0.341 e. The van der Waals surface area contributed by atoms with Gasteiger partial charge in [-0.1, -0.05) is 27.7 Å². The minimum absolute atomic E-state index is 0.171. The summed E-state index contributed by atoms with van der Waals surface area (Å²) in [5.74, 6) is 1.37. The molecule has 0 unspecified atom stereocenters. The fourth-order valence-electron chi connectivity index (χ4n) is 1.55. The Bertz CT molecular complexity index is 433. The van der Waals surface area contributed by atoms with E-state index >= 15 is 0 Å². The van der Waals surface area contributed by atoms with Crippen molar-refractivity contribution in [2.45, 2.75) is 51.5 Å². The molecule has 0 saturated carbocycles. The van der Waals surface area contributed by atoms with Crippen LogP contribution >= 0.6 is 11.8 Å². The van der Waals surface area contributed by atoms with Crippen LogP contribution in [0.15, 0.2) is 6.20 Å². The van der Waals surface area contributed by atoms with Gasteiger partial charge in [-0.05, 0) is 18.1 Å². The maximum absolute atomic E-state index is 11.8. The fraction of sp³-hybridized carbons (Fsp3) is 0.643. The summed E-state index contributed by atoms with van der Waals surface area (Å²) in [7, 11) is 0. The average molecular weight is 282 g/mol. The van der Waals surface area contributed by atoms with Crippen LogP contribution in [0.4, 0.5) is 0 Å². The van der Waals surface area contributed by atoms with E-state index in [0.29, 0.717) is 17.4 Å². The van der Waals surface area contributed by atoms with Crippen molar-refractivity contribution in [3.05, 3.63) is 23.3 Å². The molecule has 0 saturated heterocycles. The van der Waals surface area contributed by atoms with E-state index < -0.39 is 0 Å². The van der Waals surface area contributed by atoms with Crippen molar-refractivity contribution in [2.75, 3.05) is 6.61 Å². The summed E-state index contributed by atoms with van der Waals surface area (Å²) in [6.07, 6.45) is 1.59.